The molecule has 5 heteroatoms. The number of nitrogens with zero attached hydrogens (tertiary/aromatic N) is 2. The van der Waals surface area contributed by atoms with Crippen LogP contribution in [0.3, 0.4) is 0 Å². The van der Waals surface area contributed by atoms with Gasteiger partial charge in [-0.15, -0.1) is 0 Å². The molecule has 2 aliphatic rings. The molecule has 4 rings (SSSR count). The van der Waals surface area contributed by atoms with Crippen LogP contribution in [0.15, 0.2) is 54.6 Å². The van der Waals surface area contributed by atoms with Gasteiger partial charge >= 0.3 is 6.03 Å². The Kier molecular flexibility index (Phi) is 6.03. The third-order valence-electron chi connectivity index (χ3n) is 6.86. The number of rotatable bonds is 4. The normalized spacial score (nSPS) is 23.6. The fourth-order valence-corrected chi connectivity index (χ4v) is 5.19. The zero-order chi connectivity index (χ0) is 22.0. The van der Waals surface area contributed by atoms with Gasteiger partial charge in [0.2, 0.25) is 5.91 Å². The number of hydrogen-bond donors (Lipinski definition) is 1. The summed E-state index contributed by atoms with van der Waals surface area (Å²) < 4.78 is 0. The number of carbonyl (C=O) groups is 2. The number of aryl methyl sites for hydroxylation is 1. The smallest absolute Gasteiger partial charge is 0.317 e. The summed E-state index contributed by atoms with van der Waals surface area (Å²) in [7, 11) is 0. The molecular formula is C26H33N3O2. The summed E-state index contributed by atoms with van der Waals surface area (Å²) in [5.74, 6) is 0.175. The van der Waals surface area contributed by atoms with Gasteiger partial charge in [-0.05, 0) is 44.7 Å². The van der Waals surface area contributed by atoms with Gasteiger partial charge in [0, 0.05) is 37.5 Å². The minimum absolute atomic E-state index is 0.0255. The number of hydrogen-bond acceptors (Lipinski definition) is 2. The number of benzene rings is 2. The Morgan fingerprint density at radius 3 is 2.48 bits per heavy atom. The zero-order valence-electron chi connectivity index (χ0n) is 18.8. The van der Waals surface area contributed by atoms with Crippen molar-refractivity contribution in [3.8, 4) is 0 Å². The highest BCUT2D eigenvalue weighted by Gasteiger charge is 2.52. The van der Waals surface area contributed by atoms with E-state index in [-0.39, 0.29) is 29.4 Å². The Morgan fingerprint density at radius 2 is 1.81 bits per heavy atom. The van der Waals surface area contributed by atoms with Crippen molar-refractivity contribution in [3.63, 3.8) is 0 Å². The molecule has 0 spiro atoms. The maximum atomic E-state index is 13.2. The van der Waals surface area contributed by atoms with E-state index in [1.807, 2.05) is 29.7 Å². The first kappa shape index (κ1) is 21.4. The summed E-state index contributed by atoms with van der Waals surface area (Å²) in [6.07, 6.45) is 2.17. The maximum absolute atomic E-state index is 13.2. The third kappa shape index (κ3) is 4.32. The monoisotopic (exact) mass is 419 g/mol. The zero-order valence-corrected chi connectivity index (χ0v) is 18.8. The Labute approximate surface area is 185 Å². The van der Waals surface area contributed by atoms with E-state index in [1.165, 1.54) is 11.1 Å². The lowest BCUT2D eigenvalue weighted by Crippen LogP contribution is -2.53. The van der Waals surface area contributed by atoms with Crippen LogP contribution in [0.1, 0.15) is 49.8 Å². The van der Waals surface area contributed by atoms with Gasteiger partial charge in [0.05, 0.1) is 6.04 Å². The lowest BCUT2D eigenvalue weighted by molar-refractivity contribution is -0.131. The summed E-state index contributed by atoms with van der Waals surface area (Å²) in [6, 6.07) is 18.9. The van der Waals surface area contributed by atoms with Crippen molar-refractivity contribution in [2.45, 2.75) is 64.1 Å². The fourth-order valence-electron chi connectivity index (χ4n) is 5.19. The first-order valence-corrected chi connectivity index (χ1v) is 11.3. The Bertz CT molecular complexity index is 925. The number of carbonyl (C=O) groups excluding carboxylic acids is 2. The van der Waals surface area contributed by atoms with Crippen molar-refractivity contribution < 1.29 is 9.59 Å². The molecule has 164 valence electrons. The molecule has 2 aromatic carbocycles. The SMILES string of the molecule is Cc1ccc(CN2CC3N(C(=O)NC(C)C)CCC3(c3ccccc3)CCC2=O)cc1. The molecule has 2 atom stereocenters. The predicted octanol–water partition coefficient (Wildman–Crippen LogP) is 4.25. The van der Waals surface area contributed by atoms with Crippen molar-refractivity contribution in [1.82, 2.24) is 15.1 Å². The van der Waals surface area contributed by atoms with Crippen molar-refractivity contribution in [3.05, 3.63) is 71.3 Å². The lowest BCUT2D eigenvalue weighted by Gasteiger charge is -2.38. The third-order valence-corrected chi connectivity index (χ3v) is 6.86. The minimum atomic E-state index is -0.187. The fraction of sp³-hybridized carbons (Fsp3) is 0.462. The second-order valence-electron chi connectivity index (χ2n) is 9.35. The van der Waals surface area contributed by atoms with Crippen molar-refractivity contribution >= 4 is 11.9 Å². The molecular weight excluding hydrogens is 386 g/mol. The number of nitrogens with one attached hydrogen (secondary N) is 1. The number of likely N-dealkylation sites (tertiary alicyclic amines) is 2. The highest BCUT2D eigenvalue weighted by atomic mass is 16.2. The Hall–Kier alpha value is -2.82. The molecule has 2 aromatic rings. The summed E-state index contributed by atoms with van der Waals surface area (Å²) in [6.45, 7) is 7.90. The van der Waals surface area contributed by atoms with Gasteiger partial charge in [0.25, 0.3) is 0 Å². The molecule has 2 saturated heterocycles. The summed E-state index contributed by atoms with van der Waals surface area (Å²) in [5, 5.41) is 3.07. The number of amides is 3. The standard InChI is InChI=1S/C26H33N3O2/c1-19(2)27-25(31)29-16-15-26(22-7-5-4-6-8-22)14-13-24(30)28(18-23(26)29)17-21-11-9-20(3)10-12-21/h4-12,19,23H,13-18H2,1-3H3,(H,27,31). The van der Waals surface area contributed by atoms with Crippen LogP contribution in [0.5, 0.6) is 0 Å². The lowest BCUT2D eigenvalue weighted by atomic mass is 9.71. The van der Waals surface area contributed by atoms with Gasteiger partial charge in [-0.3, -0.25) is 4.79 Å². The first-order valence-electron chi connectivity index (χ1n) is 11.3. The van der Waals surface area contributed by atoms with Gasteiger partial charge in [0.1, 0.15) is 0 Å². The molecule has 2 aliphatic heterocycles. The van der Waals surface area contributed by atoms with E-state index in [0.29, 0.717) is 26.1 Å². The van der Waals surface area contributed by atoms with Gasteiger partial charge in [-0.1, -0.05) is 60.2 Å². The van der Waals surface area contributed by atoms with Gasteiger partial charge < -0.3 is 15.1 Å². The van der Waals surface area contributed by atoms with Crippen LogP contribution in [0, 0.1) is 6.92 Å². The quantitative estimate of drug-likeness (QED) is 0.806. The van der Waals surface area contributed by atoms with E-state index in [9.17, 15) is 9.59 Å². The molecule has 31 heavy (non-hydrogen) atoms. The van der Waals surface area contributed by atoms with E-state index in [1.54, 1.807) is 0 Å². The number of urea groups is 1. The van der Waals surface area contributed by atoms with Crippen molar-refractivity contribution in [2.24, 2.45) is 0 Å². The summed E-state index contributed by atoms with van der Waals surface area (Å²) >= 11 is 0. The first-order chi connectivity index (χ1) is 14.9. The highest BCUT2D eigenvalue weighted by Crippen LogP contribution is 2.46. The Balaban J connectivity index is 1.67. The average molecular weight is 420 g/mol. The molecule has 5 nitrogen and oxygen atoms in total. The Morgan fingerprint density at radius 1 is 1.10 bits per heavy atom. The van der Waals surface area contributed by atoms with Crippen LogP contribution in [0.2, 0.25) is 0 Å². The molecule has 2 fully saturated rings. The second-order valence-corrected chi connectivity index (χ2v) is 9.35. The van der Waals surface area contributed by atoms with E-state index < -0.39 is 0 Å². The van der Waals surface area contributed by atoms with Crippen molar-refractivity contribution in [1.29, 1.82) is 0 Å². The van der Waals surface area contributed by atoms with Crippen LogP contribution in [-0.2, 0) is 16.8 Å². The second kappa shape index (κ2) is 8.74. The summed E-state index contributed by atoms with van der Waals surface area (Å²) in [4.78, 5) is 30.2. The van der Waals surface area contributed by atoms with Crippen LogP contribution >= 0.6 is 0 Å². The molecule has 2 unspecified atom stereocenters. The highest BCUT2D eigenvalue weighted by molar-refractivity contribution is 5.79. The van der Waals surface area contributed by atoms with Gasteiger partial charge in [-0.25, -0.2) is 4.79 Å². The van der Waals surface area contributed by atoms with Crippen LogP contribution in [0.4, 0.5) is 4.79 Å². The average Bonchev–Trinajstić information content (AvgIpc) is 3.06. The van der Waals surface area contributed by atoms with E-state index >= 15 is 0 Å². The largest absolute Gasteiger partial charge is 0.336 e. The minimum Gasteiger partial charge on any atom is -0.336 e. The number of fused-ring (bicyclic) bond motifs is 1. The molecule has 0 radical (unpaired) electrons. The summed E-state index contributed by atoms with van der Waals surface area (Å²) in [5.41, 5.74) is 3.39. The van der Waals surface area contributed by atoms with E-state index in [0.717, 1.165) is 18.4 Å². The van der Waals surface area contributed by atoms with Crippen LogP contribution in [-0.4, -0.2) is 46.9 Å². The topological polar surface area (TPSA) is 52.6 Å². The van der Waals surface area contributed by atoms with E-state index in [2.05, 4.69) is 60.8 Å². The van der Waals surface area contributed by atoms with Gasteiger partial charge in [-0.2, -0.15) is 0 Å². The molecule has 1 N–H and O–H groups in total. The molecule has 2 heterocycles. The predicted molar refractivity (Wildman–Crippen MR) is 123 cm³/mol. The molecule has 0 bridgehead atoms. The molecule has 0 aromatic heterocycles. The van der Waals surface area contributed by atoms with Crippen LogP contribution < -0.4 is 5.32 Å². The molecule has 3 amide bonds. The van der Waals surface area contributed by atoms with Crippen molar-refractivity contribution in [2.75, 3.05) is 13.1 Å². The molecule has 0 aliphatic carbocycles. The molecule has 0 saturated carbocycles. The van der Waals surface area contributed by atoms with Crippen LogP contribution in [0.25, 0.3) is 0 Å². The maximum Gasteiger partial charge on any atom is 0.317 e. The van der Waals surface area contributed by atoms with E-state index in [4.69, 9.17) is 0 Å². The van der Waals surface area contributed by atoms with Gasteiger partial charge in [0.15, 0.2) is 0 Å².